The summed E-state index contributed by atoms with van der Waals surface area (Å²) in [4.78, 5) is 14.0. The van der Waals surface area contributed by atoms with Gasteiger partial charge in [0.15, 0.2) is 4.34 Å². The molecule has 3 aromatic rings. The van der Waals surface area contributed by atoms with Crippen molar-refractivity contribution in [3.63, 3.8) is 0 Å². The molecule has 28 heavy (non-hydrogen) atoms. The summed E-state index contributed by atoms with van der Waals surface area (Å²) in [7, 11) is 0. The highest BCUT2D eigenvalue weighted by Gasteiger charge is 2.17. The van der Waals surface area contributed by atoms with Crippen molar-refractivity contribution in [2.24, 2.45) is 0 Å². The second-order valence-electron chi connectivity index (χ2n) is 5.72. The first kappa shape index (κ1) is 20.1. The molecule has 0 spiro atoms. The van der Waals surface area contributed by atoms with Crippen LogP contribution in [0.15, 0.2) is 52.9 Å². The highest BCUT2D eigenvalue weighted by Crippen LogP contribution is 2.29. The fraction of sp³-hybridized carbons (Fsp3) is 0.158. The third-order valence-corrected chi connectivity index (χ3v) is 6.11. The van der Waals surface area contributed by atoms with Crippen LogP contribution in [-0.4, -0.2) is 28.4 Å². The Kier molecular flexibility index (Phi) is 6.87. The summed E-state index contributed by atoms with van der Waals surface area (Å²) in [6, 6.07) is 16.8. The van der Waals surface area contributed by atoms with Crippen LogP contribution in [0.3, 0.4) is 0 Å². The third kappa shape index (κ3) is 5.23. The lowest BCUT2D eigenvalue weighted by Gasteiger charge is -2.19. The Morgan fingerprint density at radius 3 is 2.79 bits per heavy atom. The smallest absolute Gasteiger partial charge is 0.238 e. The van der Waals surface area contributed by atoms with E-state index in [1.54, 1.807) is 12.1 Å². The molecule has 0 aliphatic rings. The molecule has 6 nitrogen and oxygen atoms in total. The highest BCUT2D eigenvalue weighted by molar-refractivity contribution is 8.01. The first-order valence-electron chi connectivity index (χ1n) is 8.28. The minimum absolute atomic E-state index is 0.000510. The van der Waals surface area contributed by atoms with E-state index in [2.05, 4.69) is 15.5 Å². The molecule has 0 unspecified atom stereocenters. The molecule has 3 rings (SSSR count). The van der Waals surface area contributed by atoms with Gasteiger partial charge in [-0.2, -0.15) is 5.26 Å². The average Bonchev–Trinajstić information content (AvgIpc) is 3.15. The number of rotatable bonds is 7. The SMILES string of the molecule is Cc1ccc(Nc2nnc(SCC(=O)N(CC#N)c3ccccc3)s2)cc1Cl. The zero-order valence-corrected chi connectivity index (χ0v) is 17.3. The molecule has 0 atom stereocenters. The Balaban J connectivity index is 1.61. The lowest BCUT2D eigenvalue weighted by atomic mass is 10.2. The highest BCUT2D eigenvalue weighted by atomic mass is 35.5. The quantitative estimate of drug-likeness (QED) is 0.425. The van der Waals surface area contributed by atoms with Gasteiger partial charge in [0.1, 0.15) is 6.54 Å². The molecule has 0 aliphatic heterocycles. The van der Waals surface area contributed by atoms with Gasteiger partial charge in [-0.3, -0.25) is 9.69 Å². The van der Waals surface area contributed by atoms with Gasteiger partial charge in [0.05, 0.1) is 11.8 Å². The van der Waals surface area contributed by atoms with Gasteiger partial charge < -0.3 is 5.32 Å². The number of hydrogen-bond acceptors (Lipinski definition) is 7. The van der Waals surface area contributed by atoms with Crippen molar-refractivity contribution in [2.45, 2.75) is 11.3 Å². The van der Waals surface area contributed by atoms with E-state index in [9.17, 15) is 4.79 Å². The van der Waals surface area contributed by atoms with Crippen molar-refractivity contribution in [3.8, 4) is 6.07 Å². The third-order valence-electron chi connectivity index (χ3n) is 3.75. The maximum Gasteiger partial charge on any atom is 0.238 e. The Labute approximate surface area is 176 Å². The number of nitrogens with one attached hydrogen (secondary N) is 1. The van der Waals surface area contributed by atoms with Crippen LogP contribution >= 0.6 is 34.7 Å². The van der Waals surface area contributed by atoms with Crippen LogP contribution in [-0.2, 0) is 4.79 Å². The number of anilines is 3. The number of benzene rings is 2. The second-order valence-corrected chi connectivity index (χ2v) is 8.33. The summed E-state index contributed by atoms with van der Waals surface area (Å²) in [6.07, 6.45) is 0. The molecule has 0 saturated heterocycles. The van der Waals surface area contributed by atoms with Crippen molar-refractivity contribution >= 4 is 57.1 Å². The standard InChI is InChI=1S/C19H16ClN5OS2/c1-13-7-8-14(11-16(13)20)22-18-23-24-19(28-18)27-12-17(26)25(10-9-21)15-5-3-2-4-6-15/h2-8,11H,10,12H2,1H3,(H,22,23). The Morgan fingerprint density at radius 2 is 2.07 bits per heavy atom. The number of thioether (sulfide) groups is 1. The van der Waals surface area contributed by atoms with E-state index in [1.165, 1.54) is 28.0 Å². The number of nitriles is 1. The molecule has 142 valence electrons. The monoisotopic (exact) mass is 429 g/mol. The van der Waals surface area contributed by atoms with Gasteiger partial charge in [-0.15, -0.1) is 10.2 Å². The lowest BCUT2D eigenvalue weighted by Crippen LogP contribution is -2.32. The maximum atomic E-state index is 12.6. The minimum Gasteiger partial charge on any atom is -0.330 e. The number of nitrogens with zero attached hydrogens (tertiary/aromatic N) is 4. The maximum absolute atomic E-state index is 12.6. The first-order valence-corrected chi connectivity index (χ1v) is 10.5. The summed E-state index contributed by atoms with van der Waals surface area (Å²) in [5, 5.41) is 21.7. The van der Waals surface area contributed by atoms with Gasteiger partial charge >= 0.3 is 0 Å². The normalized spacial score (nSPS) is 10.3. The van der Waals surface area contributed by atoms with Crippen molar-refractivity contribution in [3.05, 3.63) is 59.1 Å². The summed E-state index contributed by atoms with van der Waals surface area (Å²) >= 11 is 8.78. The summed E-state index contributed by atoms with van der Waals surface area (Å²) < 4.78 is 0.666. The predicted molar refractivity (Wildman–Crippen MR) is 115 cm³/mol. The van der Waals surface area contributed by atoms with Crippen molar-refractivity contribution < 1.29 is 4.79 Å². The van der Waals surface area contributed by atoms with E-state index >= 15 is 0 Å². The van der Waals surface area contributed by atoms with Gasteiger partial charge in [-0.05, 0) is 36.8 Å². The Bertz CT molecular complexity index is 1000. The fourth-order valence-electron chi connectivity index (χ4n) is 2.32. The molecule has 0 saturated carbocycles. The van der Waals surface area contributed by atoms with Gasteiger partial charge in [-0.25, -0.2) is 0 Å². The van der Waals surface area contributed by atoms with Crippen molar-refractivity contribution in [2.75, 3.05) is 22.5 Å². The predicted octanol–water partition coefficient (Wildman–Crippen LogP) is 4.89. The average molecular weight is 430 g/mol. The van der Waals surface area contributed by atoms with Crippen LogP contribution in [0, 0.1) is 18.3 Å². The largest absolute Gasteiger partial charge is 0.330 e. The minimum atomic E-state index is -0.159. The number of aryl methyl sites for hydroxylation is 1. The lowest BCUT2D eigenvalue weighted by molar-refractivity contribution is -0.116. The molecule has 1 amide bonds. The van der Waals surface area contributed by atoms with E-state index < -0.39 is 0 Å². The van der Waals surface area contributed by atoms with Gasteiger partial charge in [0.2, 0.25) is 11.0 Å². The molecule has 2 aromatic carbocycles. The Hall–Kier alpha value is -2.60. The molecule has 1 N–H and O–H groups in total. The van der Waals surface area contributed by atoms with E-state index in [4.69, 9.17) is 16.9 Å². The zero-order valence-electron chi connectivity index (χ0n) is 14.9. The number of para-hydroxylation sites is 1. The molecule has 0 bridgehead atoms. The van der Waals surface area contributed by atoms with Gasteiger partial charge in [0.25, 0.3) is 0 Å². The summed E-state index contributed by atoms with van der Waals surface area (Å²) in [5.41, 5.74) is 2.52. The number of hydrogen-bond donors (Lipinski definition) is 1. The van der Waals surface area contributed by atoms with Crippen molar-refractivity contribution in [1.82, 2.24) is 10.2 Å². The number of amides is 1. The topological polar surface area (TPSA) is 81.9 Å². The van der Waals surface area contributed by atoms with Gasteiger partial charge in [0, 0.05) is 16.4 Å². The number of carbonyl (C=O) groups excluding carboxylic acids is 1. The molecule has 1 heterocycles. The van der Waals surface area contributed by atoms with Crippen LogP contribution < -0.4 is 10.2 Å². The van der Waals surface area contributed by atoms with Crippen LogP contribution in [0.1, 0.15) is 5.56 Å². The Morgan fingerprint density at radius 1 is 1.29 bits per heavy atom. The molecule has 0 radical (unpaired) electrons. The summed E-state index contributed by atoms with van der Waals surface area (Å²) in [5.74, 6) is 0.00875. The fourth-order valence-corrected chi connectivity index (χ4v) is 4.14. The van der Waals surface area contributed by atoms with Crippen LogP contribution in [0.25, 0.3) is 0 Å². The van der Waals surface area contributed by atoms with Crippen LogP contribution in [0.5, 0.6) is 0 Å². The van der Waals surface area contributed by atoms with Gasteiger partial charge in [-0.1, -0.05) is 59.0 Å². The van der Waals surface area contributed by atoms with E-state index in [0.29, 0.717) is 20.2 Å². The molecule has 1 aromatic heterocycles. The molecular formula is C19H16ClN5OS2. The van der Waals surface area contributed by atoms with E-state index in [0.717, 1.165) is 11.3 Å². The molecule has 9 heteroatoms. The molecule has 0 aliphatic carbocycles. The first-order chi connectivity index (χ1) is 13.6. The molecule has 0 fully saturated rings. The molecular weight excluding hydrogens is 414 g/mol. The van der Waals surface area contributed by atoms with Crippen molar-refractivity contribution in [1.29, 1.82) is 5.26 Å². The number of carbonyl (C=O) groups is 1. The second kappa shape index (κ2) is 9.55. The number of aromatic nitrogens is 2. The van der Waals surface area contributed by atoms with Crippen LogP contribution in [0.4, 0.5) is 16.5 Å². The zero-order chi connectivity index (χ0) is 19.9. The summed E-state index contributed by atoms with van der Waals surface area (Å²) in [6.45, 7) is 1.94. The van der Waals surface area contributed by atoms with Crippen LogP contribution in [0.2, 0.25) is 5.02 Å². The van der Waals surface area contributed by atoms with E-state index in [1.807, 2.05) is 49.4 Å². The number of halogens is 1. The van der Waals surface area contributed by atoms with E-state index in [-0.39, 0.29) is 18.2 Å².